The largest absolute Gasteiger partial charge is 0.338 e. The quantitative estimate of drug-likeness (QED) is 0.530. The minimum atomic E-state index is -3.23. The van der Waals surface area contributed by atoms with Gasteiger partial charge in [-0.3, -0.25) is 4.79 Å². The topological polar surface area (TPSA) is 92.5 Å². The van der Waals surface area contributed by atoms with E-state index < -0.39 is 16.1 Å². The third-order valence-electron chi connectivity index (χ3n) is 2.04. The molecule has 1 saturated heterocycles. The number of β-lactam (4-membered cyclic amide) rings is 1. The lowest BCUT2D eigenvalue weighted by Crippen LogP contribution is -2.61. The molecule has 0 bridgehead atoms. The number of carbonyl (C=O) groups excluding carboxylic acids is 1. The number of nitrogens with two attached hydrogens (primary N) is 1. The Morgan fingerprint density at radius 2 is 2.29 bits per heavy atom. The van der Waals surface area contributed by atoms with Crippen molar-refractivity contribution in [2.75, 3.05) is 25.4 Å². The molecule has 0 saturated carbocycles. The van der Waals surface area contributed by atoms with Crippen molar-refractivity contribution in [3.63, 3.8) is 0 Å². The summed E-state index contributed by atoms with van der Waals surface area (Å²) in [5.41, 5.74) is 5.35. The predicted molar refractivity (Wildman–Crippen MR) is 52.0 cm³/mol. The highest BCUT2D eigenvalue weighted by atomic mass is 32.2. The summed E-state index contributed by atoms with van der Waals surface area (Å²) in [6.07, 6.45) is 0. The van der Waals surface area contributed by atoms with Crippen molar-refractivity contribution in [2.45, 2.75) is 13.0 Å². The van der Waals surface area contributed by atoms with Gasteiger partial charge in [-0.25, -0.2) is 13.1 Å². The second kappa shape index (κ2) is 4.24. The van der Waals surface area contributed by atoms with Crippen molar-refractivity contribution in [2.24, 2.45) is 5.73 Å². The molecule has 0 aliphatic carbocycles. The molecule has 1 atom stereocenters. The van der Waals surface area contributed by atoms with Crippen molar-refractivity contribution in [1.82, 2.24) is 9.62 Å². The number of hydrogen-bond acceptors (Lipinski definition) is 4. The standard InChI is InChI=1S/C7H15N3O3S/c1-2-9-14(12,13)4-3-10-5-6(8)7(10)11/h6,9H,2-5,8H2,1H3. The number of rotatable bonds is 5. The van der Waals surface area contributed by atoms with Gasteiger partial charge in [0.15, 0.2) is 0 Å². The van der Waals surface area contributed by atoms with Gasteiger partial charge in [0, 0.05) is 19.6 Å². The molecule has 1 aliphatic heterocycles. The third-order valence-corrected chi connectivity index (χ3v) is 3.49. The molecule has 0 aromatic rings. The summed E-state index contributed by atoms with van der Waals surface area (Å²) < 4.78 is 24.7. The van der Waals surface area contributed by atoms with Crippen LogP contribution in [0.25, 0.3) is 0 Å². The van der Waals surface area contributed by atoms with Crippen LogP contribution in [0.3, 0.4) is 0 Å². The highest BCUT2D eigenvalue weighted by Crippen LogP contribution is 2.06. The zero-order valence-corrected chi connectivity index (χ0v) is 8.88. The van der Waals surface area contributed by atoms with Gasteiger partial charge in [-0.05, 0) is 0 Å². The molecule has 1 rings (SSSR count). The molecule has 82 valence electrons. The monoisotopic (exact) mass is 221 g/mol. The van der Waals surface area contributed by atoms with E-state index in [1.54, 1.807) is 6.92 Å². The van der Waals surface area contributed by atoms with Gasteiger partial charge in [0.05, 0.1) is 5.75 Å². The first-order valence-corrected chi connectivity index (χ1v) is 6.13. The molecule has 1 aliphatic rings. The van der Waals surface area contributed by atoms with Crippen molar-refractivity contribution in [1.29, 1.82) is 0 Å². The molecule has 3 N–H and O–H groups in total. The normalized spacial score (nSPS) is 22.3. The zero-order chi connectivity index (χ0) is 10.8. The minimum Gasteiger partial charge on any atom is -0.338 e. The van der Waals surface area contributed by atoms with E-state index in [2.05, 4.69) is 4.72 Å². The molecule has 0 spiro atoms. The smallest absolute Gasteiger partial charge is 0.241 e. The van der Waals surface area contributed by atoms with Gasteiger partial charge in [-0.15, -0.1) is 0 Å². The lowest BCUT2D eigenvalue weighted by Gasteiger charge is -2.35. The van der Waals surface area contributed by atoms with Crippen LogP contribution < -0.4 is 10.5 Å². The Labute approximate surface area is 83.5 Å². The van der Waals surface area contributed by atoms with Gasteiger partial charge in [-0.1, -0.05) is 6.92 Å². The maximum absolute atomic E-state index is 11.2. The van der Waals surface area contributed by atoms with Gasteiger partial charge < -0.3 is 10.6 Å². The summed E-state index contributed by atoms with van der Waals surface area (Å²) in [5, 5.41) is 0. The lowest BCUT2D eigenvalue weighted by molar-refractivity contribution is -0.141. The number of nitrogens with zero attached hydrogens (tertiary/aromatic N) is 1. The Balaban J connectivity index is 2.31. The molecule has 0 aromatic carbocycles. The van der Waals surface area contributed by atoms with Crippen LogP contribution in [-0.4, -0.2) is 50.7 Å². The van der Waals surface area contributed by atoms with E-state index in [-0.39, 0.29) is 18.2 Å². The molecular formula is C7H15N3O3S. The molecule has 1 heterocycles. The molecule has 1 unspecified atom stereocenters. The zero-order valence-electron chi connectivity index (χ0n) is 8.06. The van der Waals surface area contributed by atoms with E-state index in [1.165, 1.54) is 4.90 Å². The summed E-state index contributed by atoms with van der Waals surface area (Å²) in [7, 11) is -3.23. The fraction of sp³-hybridized carbons (Fsp3) is 0.857. The van der Waals surface area contributed by atoms with Gasteiger partial charge in [0.25, 0.3) is 0 Å². The van der Waals surface area contributed by atoms with Crippen LogP contribution in [0.4, 0.5) is 0 Å². The lowest BCUT2D eigenvalue weighted by atomic mass is 10.1. The molecule has 1 fully saturated rings. The first-order valence-electron chi connectivity index (χ1n) is 4.48. The van der Waals surface area contributed by atoms with Crippen molar-refractivity contribution in [3.8, 4) is 0 Å². The second-order valence-electron chi connectivity index (χ2n) is 3.21. The van der Waals surface area contributed by atoms with Crippen molar-refractivity contribution < 1.29 is 13.2 Å². The second-order valence-corrected chi connectivity index (χ2v) is 5.13. The van der Waals surface area contributed by atoms with Crippen LogP contribution in [0.1, 0.15) is 6.92 Å². The molecule has 7 heteroatoms. The van der Waals surface area contributed by atoms with Gasteiger partial charge in [0.2, 0.25) is 15.9 Å². The van der Waals surface area contributed by atoms with Gasteiger partial charge in [0.1, 0.15) is 6.04 Å². The summed E-state index contributed by atoms with van der Waals surface area (Å²) in [6, 6.07) is -0.433. The van der Waals surface area contributed by atoms with E-state index in [1.807, 2.05) is 0 Å². The van der Waals surface area contributed by atoms with Crippen LogP contribution in [-0.2, 0) is 14.8 Å². The van der Waals surface area contributed by atoms with Gasteiger partial charge >= 0.3 is 0 Å². The summed E-state index contributed by atoms with van der Waals surface area (Å²) in [6.45, 7) is 2.76. The van der Waals surface area contributed by atoms with Crippen LogP contribution in [0.2, 0.25) is 0 Å². The first-order chi connectivity index (χ1) is 6.46. The van der Waals surface area contributed by atoms with Crippen LogP contribution >= 0.6 is 0 Å². The van der Waals surface area contributed by atoms with E-state index in [4.69, 9.17) is 5.73 Å². The molecular weight excluding hydrogens is 206 g/mol. The fourth-order valence-corrected chi connectivity index (χ4v) is 2.30. The number of likely N-dealkylation sites (tertiary alicyclic amines) is 1. The van der Waals surface area contributed by atoms with Crippen LogP contribution in [0.15, 0.2) is 0 Å². The summed E-state index contributed by atoms with van der Waals surface area (Å²) >= 11 is 0. The number of amides is 1. The average Bonchev–Trinajstić information content (AvgIpc) is 2.11. The van der Waals surface area contributed by atoms with E-state index in [0.717, 1.165) is 0 Å². The summed E-state index contributed by atoms with van der Waals surface area (Å²) in [5.74, 6) is -0.226. The average molecular weight is 221 g/mol. The van der Waals surface area contributed by atoms with Crippen LogP contribution in [0, 0.1) is 0 Å². The number of sulfonamides is 1. The first kappa shape index (κ1) is 11.4. The van der Waals surface area contributed by atoms with Gasteiger partial charge in [-0.2, -0.15) is 0 Å². The minimum absolute atomic E-state index is 0.0563. The number of hydrogen-bond donors (Lipinski definition) is 2. The number of nitrogens with one attached hydrogen (secondary N) is 1. The predicted octanol–water partition coefficient (Wildman–Crippen LogP) is -1.90. The SMILES string of the molecule is CCNS(=O)(=O)CCN1CC(N)C1=O. The Bertz CT molecular complexity index is 314. The molecule has 14 heavy (non-hydrogen) atoms. The number of carbonyl (C=O) groups is 1. The van der Waals surface area contributed by atoms with E-state index in [0.29, 0.717) is 13.1 Å². The van der Waals surface area contributed by atoms with E-state index in [9.17, 15) is 13.2 Å². The molecule has 1 amide bonds. The Hall–Kier alpha value is -0.660. The fourth-order valence-electron chi connectivity index (χ4n) is 1.25. The highest BCUT2D eigenvalue weighted by molar-refractivity contribution is 7.89. The Kier molecular flexibility index (Phi) is 3.46. The van der Waals surface area contributed by atoms with Crippen molar-refractivity contribution >= 4 is 15.9 Å². The molecule has 0 radical (unpaired) electrons. The van der Waals surface area contributed by atoms with Crippen molar-refractivity contribution in [3.05, 3.63) is 0 Å². The third kappa shape index (κ3) is 2.66. The van der Waals surface area contributed by atoms with E-state index >= 15 is 0 Å². The van der Waals surface area contributed by atoms with Crippen LogP contribution in [0.5, 0.6) is 0 Å². The highest BCUT2D eigenvalue weighted by Gasteiger charge is 2.33. The Morgan fingerprint density at radius 1 is 1.64 bits per heavy atom. The summed E-state index contributed by atoms with van der Waals surface area (Å²) in [4.78, 5) is 12.5. The molecule has 0 aromatic heterocycles. The Morgan fingerprint density at radius 3 is 2.71 bits per heavy atom. The maximum atomic E-state index is 11.2. The molecule has 6 nitrogen and oxygen atoms in total. The maximum Gasteiger partial charge on any atom is 0.241 e.